The molecule has 2 aromatic carbocycles. The Labute approximate surface area is 203 Å². The number of hydrogen-bond donors (Lipinski definition) is 2. The van der Waals surface area contributed by atoms with Crippen LogP contribution < -0.4 is 0 Å². The summed E-state index contributed by atoms with van der Waals surface area (Å²) < 4.78 is 67.0. The van der Waals surface area contributed by atoms with Crippen LogP contribution in [0.3, 0.4) is 0 Å². The number of halogens is 5. The molecule has 2 unspecified atom stereocenters. The second kappa shape index (κ2) is 9.20. The van der Waals surface area contributed by atoms with Crippen molar-refractivity contribution in [3.8, 4) is 11.3 Å². The van der Waals surface area contributed by atoms with Crippen molar-refractivity contribution in [3.05, 3.63) is 77.0 Å². The van der Waals surface area contributed by atoms with Gasteiger partial charge >= 0.3 is 12.2 Å². The number of hydrogen-bond acceptors (Lipinski definition) is 3. The maximum absolute atomic E-state index is 14.3. The van der Waals surface area contributed by atoms with Gasteiger partial charge in [0.15, 0.2) is 0 Å². The minimum absolute atomic E-state index is 0.00454. The first kappa shape index (κ1) is 24.2. The average molecular weight is 506 g/mol. The quantitative estimate of drug-likeness (QED) is 0.504. The maximum atomic E-state index is 14.3. The van der Waals surface area contributed by atoms with Gasteiger partial charge in [-0.3, -0.25) is 5.10 Å². The monoisotopic (exact) mass is 506 g/mol. The van der Waals surface area contributed by atoms with Gasteiger partial charge in [0, 0.05) is 36.2 Å². The number of aliphatic hydroxyl groups is 1. The third-order valence-corrected chi connectivity index (χ3v) is 6.81. The molecule has 2 aliphatic rings. The Hall–Kier alpha value is -3.47. The van der Waals surface area contributed by atoms with Crippen LogP contribution in [0.2, 0.25) is 0 Å². The maximum Gasteiger partial charge on any atom is 0.416 e. The topological polar surface area (TPSA) is 72.5 Å². The molecule has 0 radical (unpaired) electrons. The molecule has 2 aliphatic heterocycles. The van der Waals surface area contributed by atoms with Gasteiger partial charge in [0.2, 0.25) is 0 Å². The second-order valence-corrected chi connectivity index (χ2v) is 9.33. The predicted molar refractivity (Wildman–Crippen MR) is 120 cm³/mol. The molecule has 1 aromatic heterocycles. The van der Waals surface area contributed by atoms with E-state index in [0.717, 1.165) is 30.3 Å². The third-order valence-electron chi connectivity index (χ3n) is 6.81. The van der Waals surface area contributed by atoms with Crippen LogP contribution in [-0.2, 0) is 6.18 Å². The normalized spacial score (nSPS) is 20.9. The molecule has 2 N–H and O–H groups in total. The standard InChI is InChI=1S/C25H23F5N4O2/c26-18-5-6-21(27)20(8-18)23-9-22(31-32-23)16-7-15(14-1-3-17(4-2-14)25(28,29)30)10-33(11-16)24(36)34-12-19(35)13-34/h1-6,8-9,15-16,19,35H,7,10-13H2,(H,31,32). The molecule has 2 fully saturated rings. The Morgan fingerprint density at radius 3 is 2.28 bits per heavy atom. The van der Waals surface area contributed by atoms with E-state index >= 15 is 0 Å². The first-order chi connectivity index (χ1) is 17.1. The van der Waals surface area contributed by atoms with Crippen molar-refractivity contribution in [2.24, 2.45) is 0 Å². The number of urea groups is 1. The number of carbonyl (C=O) groups excluding carboxylic acids is 1. The van der Waals surface area contributed by atoms with Gasteiger partial charge in [-0.05, 0) is 48.4 Å². The van der Waals surface area contributed by atoms with E-state index in [-0.39, 0.29) is 42.2 Å². The van der Waals surface area contributed by atoms with E-state index in [2.05, 4.69) is 10.2 Å². The lowest BCUT2D eigenvalue weighted by Crippen LogP contribution is -2.59. The van der Waals surface area contributed by atoms with Gasteiger partial charge < -0.3 is 14.9 Å². The van der Waals surface area contributed by atoms with E-state index in [1.165, 1.54) is 17.0 Å². The number of aliphatic hydroxyl groups excluding tert-OH is 1. The Morgan fingerprint density at radius 1 is 0.944 bits per heavy atom. The number of β-amino-alcohol motifs (C(OH)–C–C–N with tert-alkyl or cyclic N) is 1. The molecule has 190 valence electrons. The number of H-pyrrole nitrogens is 1. The molecule has 3 aromatic rings. The first-order valence-corrected chi connectivity index (χ1v) is 11.5. The summed E-state index contributed by atoms with van der Waals surface area (Å²) in [5.41, 5.74) is 0.714. The Kier molecular flexibility index (Phi) is 6.19. The van der Waals surface area contributed by atoms with Gasteiger partial charge in [0.25, 0.3) is 0 Å². The number of amides is 2. The van der Waals surface area contributed by atoms with Crippen molar-refractivity contribution in [2.75, 3.05) is 26.2 Å². The Balaban J connectivity index is 1.43. The molecule has 2 atom stereocenters. The molecular formula is C25H23F5N4O2. The van der Waals surface area contributed by atoms with E-state index in [0.29, 0.717) is 30.8 Å². The molecule has 0 saturated carbocycles. The lowest BCUT2D eigenvalue weighted by molar-refractivity contribution is -0.137. The Morgan fingerprint density at radius 2 is 1.61 bits per heavy atom. The van der Waals surface area contributed by atoms with Gasteiger partial charge in [0.05, 0.1) is 30.5 Å². The highest BCUT2D eigenvalue weighted by molar-refractivity contribution is 5.76. The van der Waals surface area contributed by atoms with E-state index in [1.54, 1.807) is 11.0 Å². The van der Waals surface area contributed by atoms with Crippen molar-refractivity contribution in [1.82, 2.24) is 20.0 Å². The number of nitrogens with one attached hydrogen (secondary N) is 1. The zero-order valence-corrected chi connectivity index (χ0v) is 19.0. The lowest BCUT2D eigenvalue weighted by Gasteiger charge is -2.44. The van der Waals surface area contributed by atoms with Crippen LogP contribution in [0.5, 0.6) is 0 Å². The number of likely N-dealkylation sites (tertiary alicyclic amines) is 2. The second-order valence-electron chi connectivity index (χ2n) is 9.33. The third kappa shape index (κ3) is 4.79. The molecular weight excluding hydrogens is 483 g/mol. The molecule has 2 saturated heterocycles. The largest absolute Gasteiger partial charge is 0.416 e. The van der Waals surface area contributed by atoms with Crippen molar-refractivity contribution >= 4 is 6.03 Å². The summed E-state index contributed by atoms with van der Waals surface area (Å²) in [6, 6.07) is 9.31. The number of piperidine rings is 1. The van der Waals surface area contributed by atoms with Gasteiger partial charge in [-0.25, -0.2) is 13.6 Å². The average Bonchev–Trinajstić information content (AvgIpc) is 3.32. The number of carbonyl (C=O) groups is 1. The number of benzene rings is 2. The molecule has 6 nitrogen and oxygen atoms in total. The van der Waals surface area contributed by atoms with E-state index in [1.807, 2.05) is 0 Å². The molecule has 3 heterocycles. The predicted octanol–water partition coefficient (Wildman–Crippen LogP) is 4.74. The van der Waals surface area contributed by atoms with Crippen LogP contribution in [0.15, 0.2) is 48.5 Å². The molecule has 2 amide bonds. The summed E-state index contributed by atoms with van der Waals surface area (Å²) in [4.78, 5) is 16.2. The number of aromatic amines is 1. The highest BCUT2D eigenvalue weighted by atomic mass is 19.4. The van der Waals surface area contributed by atoms with Crippen molar-refractivity contribution < 1.29 is 31.9 Å². The molecule has 11 heteroatoms. The summed E-state index contributed by atoms with van der Waals surface area (Å²) in [6.07, 6.45) is -4.52. The zero-order chi connectivity index (χ0) is 25.6. The van der Waals surface area contributed by atoms with Gasteiger partial charge in [0.1, 0.15) is 11.6 Å². The molecule has 36 heavy (non-hydrogen) atoms. The smallest absolute Gasteiger partial charge is 0.389 e. The van der Waals surface area contributed by atoms with Crippen molar-refractivity contribution in [3.63, 3.8) is 0 Å². The molecule has 0 aliphatic carbocycles. The Bertz CT molecular complexity index is 1250. The minimum Gasteiger partial charge on any atom is -0.389 e. The summed E-state index contributed by atoms with van der Waals surface area (Å²) >= 11 is 0. The SMILES string of the molecule is O=C(N1CC(O)C1)N1CC(c2ccc(C(F)(F)F)cc2)CC(c2cc(-c3cc(F)ccc3F)n[nH]2)C1. The van der Waals surface area contributed by atoms with Gasteiger partial charge in [-0.2, -0.15) is 18.3 Å². The highest BCUT2D eigenvalue weighted by Gasteiger charge is 2.38. The molecule has 5 rings (SSSR count). The number of aromatic nitrogens is 2. The van der Waals surface area contributed by atoms with Crippen molar-refractivity contribution in [2.45, 2.75) is 30.5 Å². The van der Waals surface area contributed by atoms with Gasteiger partial charge in [-0.1, -0.05) is 12.1 Å². The van der Waals surface area contributed by atoms with Crippen LogP contribution in [0.1, 0.15) is 35.1 Å². The lowest BCUT2D eigenvalue weighted by atomic mass is 9.82. The van der Waals surface area contributed by atoms with E-state index in [9.17, 15) is 31.9 Å². The van der Waals surface area contributed by atoms with Crippen LogP contribution in [0, 0.1) is 11.6 Å². The summed E-state index contributed by atoms with van der Waals surface area (Å²) in [6.45, 7) is 1.04. The zero-order valence-electron chi connectivity index (χ0n) is 19.0. The van der Waals surface area contributed by atoms with Gasteiger partial charge in [-0.15, -0.1) is 0 Å². The minimum atomic E-state index is -4.45. The first-order valence-electron chi connectivity index (χ1n) is 11.5. The summed E-state index contributed by atoms with van der Waals surface area (Å²) in [5.74, 6) is -1.78. The number of rotatable bonds is 3. The molecule has 0 spiro atoms. The summed E-state index contributed by atoms with van der Waals surface area (Å²) in [5, 5.41) is 16.6. The van der Waals surface area contributed by atoms with Crippen LogP contribution in [-0.4, -0.2) is 63.4 Å². The fraction of sp³-hybridized carbons (Fsp3) is 0.360. The number of alkyl halides is 3. The van der Waals surface area contributed by atoms with E-state index in [4.69, 9.17) is 0 Å². The van der Waals surface area contributed by atoms with Crippen LogP contribution in [0.4, 0.5) is 26.7 Å². The van der Waals surface area contributed by atoms with Crippen LogP contribution >= 0.6 is 0 Å². The molecule has 0 bridgehead atoms. The van der Waals surface area contributed by atoms with E-state index < -0.39 is 29.5 Å². The van der Waals surface area contributed by atoms with Crippen LogP contribution in [0.25, 0.3) is 11.3 Å². The van der Waals surface area contributed by atoms with Crippen molar-refractivity contribution in [1.29, 1.82) is 0 Å². The summed E-state index contributed by atoms with van der Waals surface area (Å²) in [7, 11) is 0. The fourth-order valence-electron chi connectivity index (χ4n) is 4.86. The number of nitrogens with zero attached hydrogens (tertiary/aromatic N) is 3. The highest BCUT2D eigenvalue weighted by Crippen LogP contribution is 2.38. The fourth-order valence-corrected chi connectivity index (χ4v) is 4.86.